The zero-order valence-corrected chi connectivity index (χ0v) is 13.9. The molecule has 1 aromatic rings. The molecule has 0 saturated carbocycles. The zero-order valence-electron chi connectivity index (χ0n) is 13.1. The summed E-state index contributed by atoms with van der Waals surface area (Å²) in [5, 5.41) is 0. The number of hydrogen-bond donors (Lipinski definition) is 1. The summed E-state index contributed by atoms with van der Waals surface area (Å²) < 4.78 is 0. The highest BCUT2D eigenvalue weighted by Gasteiger charge is 2.23. The summed E-state index contributed by atoms with van der Waals surface area (Å²) in [4.78, 5) is 4.98. The summed E-state index contributed by atoms with van der Waals surface area (Å²) in [5.41, 5.74) is 10.6. The van der Waals surface area contributed by atoms with Gasteiger partial charge in [-0.15, -0.1) is 0 Å². The van der Waals surface area contributed by atoms with Crippen LogP contribution in [0.15, 0.2) is 18.2 Å². The maximum absolute atomic E-state index is 6.64. The third-order valence-electron chi connectivity index (χ3n) is 4.64. The van der Waals surface area contributed by atoms with Crippen molar-refractivity contribution >= 4 is 17.4 Å². The first-order valence-corrected chi connectivity index (χ1v) is 9.34. The second-order valence-electron chi connectivity index (χ2n) is 6.20. The average Bonchev–Trinajstić information content (AvgIpc) is 2.56. The Morgan fingerprint density at radius 3 is 2.48 bits per heavy atom. The van der Waals surface area contributed by atoms with E-state index in [0.29, 0.717) is 0 Å². The van der Waals surface area contributed by atoms with Crippen LogP contribution in [0.25, 0.3) is 0 Å². The number of nitrogens with zero attached hydrogens (tertiary/aromatic N) is 2. The van der Waals surface area contributed by atoms with Crippen molar-refractivity contribution in [2.24, 2.45) is 5.73 Å². The van der Waals surface area contributed by atoms with Crippen molar-refractivity contribution in [1.29, 1.82) is 0 Å². The van der Waals surface area contributed by atoms with E-state index in [4.69, 9.17) is 5.73 Å². The number of anilines is 1. The van der Waals surface area contributed by atoms with Gasteiger partial charge in [0.1, 0.15) is 0 Å². The van der Waals surface area contributed by atoms with Crippen molar-refractivity contribution in [3.8, 4) is 0 Å². The van der Waals surface area contributed by atoms with E-state index < -0.39 is 0 Å². The van der Waals surface area contributed by atoms with Crippen LogP contribution in [0.5, 0.6) is 0 Å². The molecule has 1 atom stereocenters. The number of aryl methyl sites for hydroxylation is 1. The van der Waals surface area contributed by atoms with Crippen LogP contribution in [0.3, 0.4) is 0 Å². The van der Waals surface area contributed by atoms with Crippen LogP contribution in [-0.2, 0) is 0 Å². The second kappa shape index (κ2) is 7.03. The lowest BCUT2D eigenvalue weighted by Crippen LogP contribution is -2.41. The Morgan fingerprint density at radius 1 is 1.05 bits per heavy atom. The molecule has 0 spiro atoms. The summed E-state index contributed by atoms with van der Waals surface area (Å²) >= 11 is 2.04. The van der Waals surface area contributed by atoms with Gasteiger partial charge >= 0.3 is 0 Å². The second-order valence-corrected chi connectivity index (χ2v) is 7.43. The molecule has 116 valence electrons. The average molecular weight is 305 g/mol. The number of hydrogen-bond acceptors (Lipinski definition) is 4. The van der Waals surface area contributed by atoms with E-state index in [9.17, 15) is 0 Å². The van der Waals surface area contributed by atoms with Gasteiger partial charge in [0, 0.05) is 48.9 Å². The Labute approximate surface area is 132 Å². The minimum Gasteiger partial charge on any atom is -0.371 e. The Hall–Kier alpha value is -0.710. The Bertz CT molecular complexity index is 465. The number of nitrogens with two attached hydrogens (primary N) is 1. The Morgan fingerprint density at radius 2 is 1.76 bits per heavy atom. The summed E-state index contributed by atoms with van der Waals surface area (Å²) in [5.74, 6) is 2.41. The third kappa shape index (κ3) is 3.55. The minimum absolute atomic E-state index is 0.0442. The SMILES string of the molecule is Cc1ccc(N2CCCCC2)c(C(N)N2CCSCC2)c1. The fourth-order valence-corrected chi connectivity index (χ4v) is 4.32. The van der Waals surface area contributed by atoms with Crippen molar-refractivity contribution in [1.82, 2.24) is 4.90 Å². The summed E-state index contributed by atoms with van der Waals surface area (Å²) in [6.07, 6.45) is 4.03. The summed E-state index contributed by atoms with van der Waals surface area (Å²) in [6.45, 7) is 6.75. The first-order valence-electron chi connectivity index (χ1n) is 8.18. The highest BCUT2D eigenvalue weighted by molar-refractivity contribution is 7.99. The Kier molecular flexibility index (Phi) is 5.09. The largest absolute Gasteiger partial charge is 0.371 e. The van der Waals surface area contributed by atoms with Crippen molar-refractivity contribution in [2.75, 3.05) is 42.6 Å². The van der Waals surface area contributed by atoms with Gasteiger partial charge < -0.3 is 10.6 Å². The van der Waals surface area contributed by atoms with E-state index >= 15 is 0 Å². The lowest BCUT2D eigenvalue weighted by molar-refractivity contribution is 0.223. The first-order chi connectivity index (χ1) is 10.3. The van der Waals surface area contributed by atoms with Crippen LogP contribution >= 0.6 is 11.8 Å². The van der Waals surface area contributed by atoms with Gasteiger partial charge in [-0.25, -0.2) is 0 Å². The van der Waals surface area contributed by atoms with E-state index in [0.717, 1.165) is 13.1 Å². The third-order valence-corrected chi connectivity index (χ3v) is 5.58. The molecular weight excluding hydrogens is 278 g/mol. The quantitative estimate of drug-likeness (QED) is 0.930. The molecule has 2 aliphatic heterocycles. The molecule has 0 amide bonds. The topological polar surface area (TPSA) is 32.5 Å². The highest BCUT2D eigenvalue weighted by Crippen LogP contribution is 2.31. The predicted octanol–water partition coefficient (Wildman–Crippen LogP) is 2.99. The van der Waals surface area contributed by atoms with Crippen molar-refractivity contribution < 1.29 is 0 Å². The molecule has 1 unspecified atom stereocenters. The molecule has 2 saturated heterocycles. The monoisotopic (exact) mass is 305 g/mol. The molecule has 1 aromatic carbocycles. The lowest BCUT2D eigenvalue weighted by Gasteiger charge is -2.36. The molecule has 2 heterocycles. The molecule has 3 rings (SSSR count). The molecule has 0 aliphatic carbocycles. The zero-order chi connectivity index (χ0) is 14.7. The molecule has 0 aromatic heterocycles. The molecule has 2 fully saturated rings. The maximum atomic E-state index is 6.64. The van der Waals surface area contributed by atoms with Gasteiger partial charge in [0.05, 0.1) is 6.17 Å². The summed E-state index contributed by atoms with van der Waals surface area (Å²) in [7, 11) is 0. The Balaban J connectivity index is 1.86. The maximum Gasteiger partial charge on any atom is 0.0856 e. The summed E-state index contributed by atoms with van der Waals surface area (Å²) in [6, 6.07) is 6.82. The molecule has 0 bridgehead atoms. The normalized spacial score (nSPS) is 22.3. The molecule has 21 heavy (non-hydrogen) atoms. The van der Waals surface area contributed by atoms with Crippen LogP contribution in [0.2, 0.25) is 0 Å². The van der Waals surface area contributed by atoms with Gasteiger partial charge in [-0.05, 0) is 32.3 Å². The number of thioether (sulfide) groups is 1. The number of benzene rings is 1. The van der Waals surface area contributed by atoms with Crippen LogP contribution in [0.4, 0.5) is 5.69 Å². The fourth-order valence-electron chi connectivity index (χ4n) is 3.39. The molecular formula is C17H27N3S. The smallest absolute Gasteiger partial charge is 0.0856 e. The molecule has 0 radical (unpaired) electrons. The molecule has 2 aliphatic rings. The molecule has 2 N–H and O–H groups in total. The number of piperidine rings is 1. The first kappa shape index (κ1) is 15.2. The molecule has 3 nitrogen and oxygen atoms in total. The van der Waals surface area contributed by atoms with Gasteiger partial charge in [-0.2, -0.15) is 11.8 Å². The van der Waals surface area contributed by atoms with E-state index in [2.05, 4.69) is 34.9 Å². The van der Waals surface area contributed by atoms with Gasteiger partial charge in [-0.3, -0.25) is 4.90 Å². The van der Waals surface area contributed by atoms with Crippen molar-refractivity contribution in [2.45, 2.75) is 32.4 Å². The van der Waals surface area contributed by atoms with Crippen LogP contribution in [0.1, 0.15) is 36.6 Å². The van der Waals surface area contributed by atoms with Crippen molar-refractivity contribution in [3.63, 3.8) is 0 Å². The van der Waals surface area contributed by atoms with Crippen molar-refractivity contribution in [3.05, 3.63) is 29.3 Å². The molecule has 4 heteroatoms. The van der Waals surface area contributed by atoms with Gasteiger partial charge in [0.25, 0.3) is 0 Å². The van der Waals surface area contributed by atoms with Crippen LogP contribution < -0.4 is 10.6 Å². The van der Waals surface area contributed by atoms with E-state index in [1.807, 2.05) is 11.8 Å². The van der Waals surface area contributed by atoms with Crippen LogP contribution in [0, 0.1) is 6.92 Å². The lowest BCUT2D eigenvalue weighted by atomic mass is 10.0. The fraction of sp³-hybridized carbons (Fsp3) is 0.647. The van der Waals surface area contributed by atoms with Crippen LogP contribution in [-0.4, -0.2) is 42.6 Å². The number of rotatable bonds is 3. The van der Waals surface area contributed by atoms with E-state index in [1.54, 1.807) is 0 Å². The van der Waals surface area contributed by atoms with Gasteiger partial charge in [0.2, 0.25) is 0 Å². The highest BCUT2D eigenvalue weighted by atomic mass is 32.2. The minimum atomic E-state index is 0.0442. The van der Waals surface area contributed by atoms with E-state index in [-0.39, 0.29) is 6.17 Å². The van der Waals surface area contributed by atoms with Gasteiger partial charge in [0.15, 0.2) is 0 Å². The van der Waals surface area contributed by atoms with E-state index in [1.165, 1.54) is 60.7 Å². The standard InChI is InChI=1S/C17H27N3S/c1-14-5-6-16(19-7-3-2-4-8-19)15(13-14)17(18)20-9-11-21-12-10-20/h5-6,13,17H,2-4,7-12,18H2,1H3. The predicted molar refractivity (Wildman–Crippen MR) is 93.1 cm³/mol. The van der Waals surface area contributed by atoms with Gasteiger partial charge in [-0.1, -0.05) is 17.7 Å².